The SMILES string of the molecule is COc1cccc(CCNc2nc(-c3sccc3Cl)nc3ccccc23)c1. The molecule has 4 nitrogen and oxygen atoms in total. The van der Waals surface area contributed by atoms with Gasteiger partial charge < -0.3 is 10.1 Å². The van der Waals surface area contributed by atoms with E-state index in [2.05, 4.69) is 22.4 Å². The molecule has 136 valence electrons. The zero-order chi connectivity index (χ0) is 18.6. The van der Waals surface area contributed by atoms with Gasteiger partial charge in [-0.2, -0.15) is 0 Å². The summed E-state index contributed by atoms with van der Waals surface area (Å²) in [6.45, 7) is 0.756. The molecule has 2 aromatic carbocycles. The van der Waals surface area contributed by atoms with Crippen LogP contribution < -0.4 is 10.1 Å². The lowest BCUT2D eigenvalue weighted by atomic mass is 10.1. The molecule has 0 aliphatic carbocycles. The van der Waals surface area contributed by atoms with Crippen LogP contribution in [0.1, 0.15) is 5.56 Å². The summed E-state index contributed by atoms with van der Waals surface area (Å²) in [4.78, 5) is 10.3. The average Bonchev–Trinajstić information content (AvgIpc) is 3.14. The van der Waals surface area contributed by atoms with Crippen molar-refractivity contribution in [2.45, 2.75) is 6.42 Å². The van der Waals surface area contributed by atoms with Gasteiger partial charge in [0.15, 0.2) is 5.82 Å². The highest BCUT2D eigenvalue weighted by atomic mass is 35.5. The van der Waals surface area contributed by atoms with Crippen LogP contribution in [0.15, 0.2) is 60.0 Å². The molecule has 27 heavy (non-hydrogen) atoms. The minimum atomic E-state index is 0.651. The van der Waals surface area contributed by atoms with Crippen LogP contribution in [0.5, 0.6) is 5.75 Å². The maximum atomic E-state index is 6.29. The number of fused-ring (bicyclic) bond motifs is 1. The van der Waals surface area contributed by atoms with E-state index in [-0.39, 0.29) is 0 Å². The van der Waals surface area contributed by atoms with Crippen LogP contribution in [-0.4, -0.2) is 23.6 Å². The predicted molar refractivity (Wildman–Crippen MR) is 113 cm³/mol. The zero-order valence-corrected chi connectivity index (χ0v) is 16.3. The van der Waals surface area contributed by atoms with Crippen LogP contribution >= 0.6 is 22.9 Å². The third-order valence-corrected chi connectivity index (χ3v) is 5.60. The van der Waals surface area contributed by atoms with Gasteiger partial charge in [-0.15, -0.1) is 11.3 Å². The van der Waals surface area contributed by atoms with Crippen molar-refractivity contribution in [3.8, 4) is 16.5 Å². The highest BCUT2D eigenvalue weighted by Crippen LogP contribution is 2.33. The fourth-order valence-electron chi connectivity index (χ4n) is 2.92. The largest absolute Gasteiger partial charge is 0.497 e. The van der Waals surface area contributed by atoms with Crippen molar-refractivity contribution in [3.05, 3.63) is 70.6 Å². The van der Waals surface area contributed by atoms with E-state index in [4.69, 9.17) is 21.3 Å². The summed E-state index contributed by atoms with van der Waals surface area (Å²) in [5, 5.41) is 7.09. The van der Waals surface area contributed by atoms with Crippen molar-refractivity contribution < 1.29 is 4.74 Å². The lowest BCUT2D eigenvalue weighted by Crippen LogP contribution is -2.08. The van der Waals surface area contributed by atoms with Crippen molar-refractivity contribution in [1.82, 2.24) is 9.97 Å². The number of aromatic nitrogens is 2. The first-order chi connectivity index (χ1) is 13.2. The summed E-state index contributed by atoms with van der Waals surface area (Å²) in [7, 11) is 1.68. The molecule has 0 fully saturated rings. The topological polar surface area (TPSA) is 47.0 Å². The van der Waals surface area contributed by atoms with Crippen LogP contribution in [0.3, 0.4) is 0 Å². The highest BCUT2D eigenvalue weighted by Gasteiger charge is 2.12. The standard InChI is InChI=1S/C21H18ClN3OS/c1-26-15-6-4-5-14(13-15)9-11-23-20-16-7-2-3-8-18(16)24-21(25-20)19-17(22)10-12-27-19/h2-8,10,12-13H,9,11H2,1H3,(H,23,24,25). The van der Waals surface area contributed by atoms with Crippen LogP contribution in [0.25, 0.3) is 21.6 Å². The zero-order valence-electron chi connectivity index (χ0n) is 14.8. The number of hydrogen-bond acceptors (Lipinski definition) is 5. The van der Waals surface area contributed by atoms with Gasteiger partial charge >= 0.3 is 0 Å². The van der Waals surface area contributed by atoms with Crippen molar-refractivity contribution >= 4 is 39.7 Å². The molecule has 4 aromatic rings. The second kappa shape index (κ2) is 7.94. The van der Waals surface area contributed by atoms with Crippen LogP contribution in [0, 0.1) is 0 Å². The lowest BCUT2D eigenvalue weighted by Gasteiger charge is -2.11. The van der Waals surface area contributed by atoms with Gasteiger partial charge in [-0.1, -0.05) is 35.9 Å². The molecule has 0 spiro atoms. The Hall–Kier alpha value is -2.63. The third-order valence-electron chi connectivity index (χ3n) is 4.26. The fraction of sp³-hybridized carbons (Fsp3) is 0.143. The summed E-state index contributed by atoms with van der Waals surface area (Å²) < 4.78 is 5.29. The molecule has 0 atom stereocenters. The Kier molecular flexibility index (Phi) is 5.23. The smallest absolute Gasteiger partial charge is 0.173 e. The second-order valence-electron chi connectivity index (χ2n) is 6.04. The van der Waals surface area contributed by atoms with Crippen LogP contribution in [0.2, 0.25) is 5.02 Å². The van der Waals surface area contributed by atoms with E-state index in [1.807, 2.05) is 47.8 Å². The summed E-state index contributed by atoms with van der Waals surface area (Å²) >= 11 is 7.84. The number of thiophene rings is 1. The van der Waals surface area contributed by atoms with Crippen molar-refractivity contribution in [3.63, 3.8) is 0 Å². The molecule has 2 aromatic heterocycles. The summed E-state index contributed by atoms with van der Waals surface area (Å²) in [6, 6.07) is 18.0. The van der Waals surface area contributed by atoms with Gasteiger partial charge in [0.25, 0.3) is 0 Å². The molecular weight excluding hydrogens is 378 g/mol. The Morgan fingerprint density at radius 1 is 1.07 bits per heavy atom. The van der Waals surface area contributed by atoms with Crippen molar-refractivity contribution in [1.29, 1.82) is 0 Å². The number of benzene rings is 2. The van der Waals surface area contributed by atoms with Gasteiger partial charge in [0, 0.05) is 11.9 Å². The number of nitrogens with one attached hydrogen (secondary N) is 1. The Balaban J connectivity index is 1.61. The van der Waals surface area contributed by atoms with E-state index in [1.54, 1.807) is 18.4 Å². The molecule has 6 heteroatoms. The van der Waals surface area contributed by atoms with E-state index in [0.29, 0.717) is 10.8 Å². The monoisotopic (exact) mass is 395 g/mol. The van der Waals surface area contributed by atoms with E-state index < -0.39 is 0 Å². The minimum Gasteiger partial charge on any atom is -0.497 e. The number of methoxy groups -OCH3 is 1. The van der Waals surface area contributed by atoms with E-state index >= 15 is 0 Å². The molecule has 0 bridgehead atoms. The molecule has 0 radical (unpaired) electrons. The van der Waals surface area contributed by atoms with Gasteiger partial charge in [-0.25, -0.2) is 9.97 Å². The molecule has 0 saturated carbocycles. The van der Waals surface area contributed by atoms with E-state index in [0.717, 1.165) is 40.3 Å². The first-order valence-corrected chi connectivity index (χ1v) is 9.87. The van der Waals surface area contributed by atoms with Gasteiger partial charge in [-0.05, 0) is 47.7 Å². The number of ether oxygens (including phenoxy) is 1. The number of rotatable bonds is 6. The Bertz CT molecular complexity index is 1080. The summed E-state index contributed by atoms with van der Waals surface area (Å²) in [5.74, 6) is 2.34. The number of para-hydroxylation sites is 1. The van der Waals surface area contributed by atoms with E-state index in [9.17, 15) is 0 Å². The lowest BCUT2D eigenvalue weighted by molar-refractivity contribution is 0.414. The summed E-state index contributed by atoms with van der Waals surface area (Å²) in [6.07, 6.45) is 0.866. The number of hydrogen-bond donors (Lipinski definition) is 1. The van der Waals surface area contributed by atoms with Crippen LogP contribution in [-0.2, 0) is 6.42 Å². The Morgan fingerprint density at radius 3 is 2.78 bits per heavy atom. The molecule has 0 saturated heterocycles. The minimum absolute atomic E-state index is 0.651. The predicted octanol–water partition coefficient (Wildman–Crippen LogP) is 5.67. The molecule has 1 N–H and O–H groups in total. The summed E-state index contributed by atoms with van der Waals surface area (Å²) in [5.41, 5.74) is 2.11. The maximum absolute atomic E-state index is 6.29. The number of halogens is 1. The third kappa shape index (κ3) is 3.89. The Morgan fingerprint density at radius 2 is 1.96 bits per heavy atom. The van der Waals surface area contributed by atoms with Gasteiger partial charge in [0.05, 0.1) is 22.5 Å². The molecule has 4 rings (SSSR count). The fourth-order valence-corrected chi connectivity index (χ4v) is 3.99. The van der Waals surface area contributed by atoms with Gasteiger partial charge in [0.2, 0.25) is 0 Å². The second-order valence-corrected chi connectivity index (χ2v) is 7.36. The van der Waals surface area contributed by atoms with Crippen molar-refractivity contribution in [2.24, 2.45) is 0 Å². The van der Waals surface area contributed by atoms with Gasteiger partial charge in [-0.3, -0.25) is 0 Å². The first kappa shape index (κ1) is 17.8. The number of anilines is 1. The normalized spacial score (nSPS) is 10.9. The molecule has 0 amide bonds. The quantitative estimate of drug-likeness (QED) is 0.456. The highest BCUT2D eigenvalue weighted by molar-refractivity contribution is 7.14. The first-order valence-electron chi connectivity index (χ1n) is 8.61. The average molecular weight is 396 g/mol. The maximum Gasteiger partial charge on any atom is 0.173 e. The Labute approximate surface area is 166 Å². The van der Waals surface area contributed by atoms with Crippen molar-refractivity contribution in [2.75, 3.05) is 19.0 Å². The molecule has 0 aliphatic heterocycles. The molecule has 0 aliphatic rings. The number of nitrogens with zero attached hydrogens (tertiary/aromatic N) is 2. The van der Waals surface area contributed by atoms with Gasteiger partial charge in [0.1, 0.15) is 11.6 Å². The molecular formula is C21H18ClN3OS. The molecule has 2 heterocycles. The van der Waals surface area contributed by atoms with E-state index in [1.165, 1.54) is 5.56 Å². The molecule has 0 unspecified atom stereocenters. The van der Waals surface area contributed by atoms with Crippen LogP contribution in [0.4, 0.5) is 5.82 Å².